The van der Waals surface area contributed by atoms with E-state index in [0.29, 0.717) is 16.6 Å². The van der Waals surface area contributed by atoms with Gasteiger partial charge in [-0.15, -0.1) is 0 Å². The first-order valence-electron chi connectivity index (χ1n) is 5.84. The lowest BCUT2D eigenvalue weighted by Crippen LogP contribution is -2.35. The van der Waals surface area contributed by atoms with Gasteiger partial charge in [-0.05, 0) is 47.8 Å². The molecule has 0 heterocycles. The minimum atomic E-state index is -0.979. The molecule has 5 heteroatoms. The van der Waals surface area contributed by atoms with Crippen LogP contribution < -0.4 is 5.32 Å². The Labute approximate surface area is 115 Å². The molecular weight excluding hydrogens is 298 g/mol. The van der Waals surface area contributed by atoms with Crippen molar-refractivity contribution in [1.82, 2.24) is 0 Å². The van der Waals surface area contributed by atoms with E-state index in [9.17, 15) is 9.90 Å². The van der Waals surface area contributed by atoms with Crippen LogP contribution in [-0.4, -0.2) is 28.3 Å². The Hall–Kier alpha value is -1.07. The van der Waals surface area contributed by atoms with Gasteiger partial charge in [-0.1, -0.05) is 13.0 Å². The number of rotatable bonds is 6. The van der Waals surface area contributed by atoms with Crippen molar-refractivity contribution < 1.29 is 15.0 Å². The zero-order chi connectivity index (χ0) is 13.8. The maximum Gasteiger partial charge on any atom is 0.338 e. The molecule has 0 amide bonds. The van der Waals surface area contributed by atoms with E-state index in [4.69, 9.17) is 5.11 Å². The number of aliphatic hydroxyl groups is 1. The van der Waals surface area contributed by atoms with Crippen molar-refractivity contribution in [3.05, 3.63) is 28.2 Å². The summed E-state index contributed by atoms with van der Waals surface area (Å²) in [6.07, 6.45) is 1.36. The lowest BCUT2D eigenvalue weighted by molar-refractivity contribution is 0.0697. The topological polar surface area (TPSA) is 69.6 Å². The fourth-order valence-electron chi connectivity index (χ4n) is 1.75. The second-order valence-electron chi connectivity index (χ2n) is 4.48. The molecule has 1 rings (SSSR count). The van der Waals surface area contributed by atoms with E-state index in [1.807, 2.05) is 13.8 Å². The Morgan fingerprint density at radius 2 is 2.17 bits per heavy atom. The number of hydrogen-bond donors (Lipinski definition) is 3. The van der Waals surface area contributed by atoms with Gasteiger partial charge in [0.25, 0.3) is 0 Å². The number of anilines is 1. The molecule has 0 spiro atoms. The quantitative estimate of drug-likeness (QED) is 0.754. The minimum Gasteiger partial charge on any atom is -0.478 e. The fraction of sp³-hybridized carbons (Fsp3) is 0.462. The molecule has 18 heavy (non-hydrogen) atoms. The van der Waals surface area contributed by atoms with Crippen molar-refractivity contribution in [1.29, 1.82) is 0 Å². The van der Waals surface area contributed by atoms with Crippen LogP contribution in [-0.2, 0) is 0 Å². The minimum absolute atomic E-state index is 0.0632. The molecule has 0 radical (unpaired) electrons. The summed E-state index contributed by atoms with van der Waals surface area (Å²) in [6, 6.07) is 5.22. The van der Waals surface area contributed by atoms with Crippen molar-refractivity contribution >= 4 is 27.6 Å². The second kappa shape index (κ2) is 6.20. The van der Waals surface area contributed by atoms with Crippen LogP contribution in [0.3, 0.4) is 0 Å². The monoisotopic (exact) mass is 315 g/mol. The van der Waals surface area contributed by atoms with Crippen molar-refractivity contribution in [2.75, 3.05) is 11.9 Å². The summed E-state index contributed by atoms with van der Waals surface area (Å²) >= 11 is 3.25. The maximum absolute atomic E-state index is 11.3. The van der Waals surface area contributed by atoms with Gasteiger partial charge in [0, 0.05) is 16.6 Å². The lowest BCUT2D eigenvalue weighted by Gasteiger charge is -2.31. The van der Waals surface area contributed by atoms with E-state index in [-0.39, 0.29) is 17.7 Å². The predicted octanol–water partition coefficient (Wildman–Crippen LogP) is 3.11. The highest BCUT2D eigenvalue weighted by Crippen LogP contribution is 2.29. The number of carboxylic acids is 1. The summed E-state index contributed by atoms with van der Waals surface area (Å²) in [5.41, 5.74) is 0.463. The van der Waals surface area contributed by atoms with Crippen molar-refractivity contribution in [2.24, 2.45) is 0 Å². The van der Waals surface area contributed by atoms with Crippen LogP contribution in [0, 0.1) is 0 Å². The number of hydrogen-bond acceptors (Lipinski definition) is 3. The van der Waals surface area contributed by atoms with Crippen LogP contribution in [0.25, 0.3) is 0 Å². The summed E-state index contributed by atoms with van der Waals surface area (Å²) in [6.45, 7) is 4.03. The molecule has 0 saturated carbocycles. The van der Waals surface area contributed by atoms with Crippen molar-refractivity contribution in [3.8, 4) is 0 Å². The maximum atomic E-state index is 11.3. The van der Waals surface area contributed by atoms with Crippen molar-refractivity contribution in [3.63, 3.8) is 0 Å². The summed E-state index contributed by atoms with van der Waals surface area (Å²) < 4.78 is 0.544. The van der Waals surface area contributed by atoms with Gasteiger partial charge in [-0.25, -0.2) is 4.79 Å². The number of carboxylic acid groups (broad SMARTS) is 1. The van der Waals surface area contributed by atoms with E-state index >= 15 is 0 Å². The third kappa shape index (κ3) is 3.46. The number of aliphatic hydroxyl groups excluding tert-OH is 1. The van der Waals surface area contributed by atoms with Crippen LogP contribution in [0.2, 0.25) is 0 Å². The smallest absolute Gasteiger partial charge is 0.338 e. The molecular formula is C13H18BrNO3. The van der Waals surface area contributed by atoms with Crippen LogP contribution >= 0.6 is 15.9 Å². The molecule has 100 valence electrons. The molecule has 0 fully saturated rings. The van der Waals surface area contributed by atoms with Gasteiger partial charge in [0.1, 0.15) is 0 Å². The average molecular weight is 316 g/mol. The number of aromatic carboxylic acids is 1. The van der Waals surface area contributed by atoms with Gasteiger partial charge >= 0.3 is 5.97 Å². The van der Waals surface area contributed by atoms with Gasteiger partial charge in [0.05, 0.1) is 11.3 Å². The normalized spacial score (nSPS) is 14.0. The summed E-state index contributed by atoms with van der Waals surface area (Å²) in [5, 5.41) is 21.5. The van der Waals surface area contributed by atoms with Crippen LogP contribution in [0.15, 0.2) is 22.7 Å². The Morgan fingerprint density at radius 3 is 2.67 bits per heavy atom. The van der Waals surface area contributed by atoms with E-state index in [1.165, 1.54) is 0 Å². The van der Waals surface area contributed by atoms with E-state index in [1.54, 1.807) is 18.2 Å². The Bertz CT molecular complexity index is 436. The highest BCUT2D eigenvalue weighted by molar-refractivity contribution is 9.10. The molecule has 1 atom stereocenters. The number of carbonyl (C=O) groups is 1. The molecule has 0 aromatic heterocycles. The van der Waals surface area contributed by atoms with Gasteiger partial charge in [-0.3, -0.25) is 0 Å². The van der Waals surface area contributed by atoms with Crippen molar-refractivity contribution in [2.45, 2.75) is 32.2 Å². The first-order valence-corrected chi connectivity index (χ1v) is 6.63. The summed E-state index contributed by atoms with van der Waals surface area (Å²) in [5.74, 6) is -0.979. The van der Waals surface area contributed by atoms with E-state index < -0.39 is 5.97 Å². The van der Waals surface area contributed by atoms with E-state index in [2.05, 4.69) is 21.2 Å². The van der Waals surface area contributed by atoms with Crippen LogP contribution in [0.5, 0.6) is 0 Å². The molecule has 0 aliphatic carbocycles. The first kappa shape index (κ1) is 15.0. The third-order valence-electron chi connectivity index (χ3n) is 3.11. The molecule has 1 aromatic rings. The predicted molar refractivity (Wildman–Crippen MR) is 75.1 cm³/mol. The Balaban J connectivity index is 3.10. The fourth-order valence-corrected chi connectivity index (χ4v) is 2.28. The van der Waals surface area contributed by atoms with E-state index in [0.717, 1.165) is 6.42 Å². The van der Waals surface area contributed by atoms with Gasteiger partial charge in [-0.2, -0.15) is 0 Å². The van der Waals surface area contributed by atoms with Gasteiger partial charge < -0.3 is 15.5 Å². The Kier molecular flexibility index (Phi) is 5.16. The number of benzene rings is 1. The summed E-state index contributed by atoms with van der Waals surface area (Å²) in [7, 11) is 0. The highest BCUT2D eigenvalue weighted by atomic mass is 79.9. The Morgan fingerprint density at radius 1 is 1.50 bits per heavy atom. The molecule has 1 unspecified atom stereocenters. The largest absolute Gasteiger partial charge is 0.478 e. The molecule has 0 bridgehead atoms. The zero-order valence-corrected chi connectivity index (χ0v) is 12.1. The molecule has 0 aliphatic heterocycles. The number of halogens is 1. The molecule has 0 aliphatic rings. The molecule has 4 nitrogen and oxygen atoms in total. The zero-order valence-electron chi connectivity index (χ0n) is 10.5. The lowest BCUT2D eigenvalue weighted by atomic mass is 9.94. The SMILES string of the molecule is CCC(C)(CCO)Nc1cccc(Br)c1C(=O)O. The van der Waals surface area contributed by atoms with Crippen LogP contribution in [0.4, 0.5) is 5.69 Å². The highest BCUT2D eigenvalue weighted by Gasteiger charge is 2.24. The first-order chi connectivity index (χ1) is 8.43. The molecule has 3 N–H and O–H groups in total. The second-order valence-corrected chi connectivity index (χ2v) is 5.33. The third-order valence-corrected chi connectivity index (χ3v) is 3.77. The molecule has 0 saturated heterocycles. The van der Waals surface area contributed by atoms with Gasteiger partial charge in [0.15, 0.2) is 0 Å². The van der Waals surface area contributed by atoms with Gasteiger partial charge in [0.2, 0.25) is 0 Å². The molecule has 1 aromatic carbocycles. The average Bonchev–Trinajstić information content (AvgIpc) is 2.28. The number of nitrogens with one attached hydrogen (secondary N) is 1. The van der Waals surface area contributed by atoms with Crippen LogP contribution in [0.1, 0.15) is 37.0 Å². The summed E-state index contributed by atoms with van der Waals surface area (Å²) in [4.78, 5) is 11.3. The standard InChI is InChI=1S/C13H18BrNO3/c1-3-13(2,7-8-16)15-10-6-4-5-9(14)11(10)12(17)18/h4-6,15-16H,3,7-8H2,1-2H3,(H,17,18).